The molecular formula is C18H20N2O2. The summed E-state index contributed by atoms with van der Waals surface area (Å²) in [6, 6.07) is 4.14. The lowest BCUT2D eigenvalue weighted by Crippen LogP contribution is -2.05. The Morgan fingerprint density at radius 2 is 1.18 bits per heavy atom. The van der Waals surface area contributed by atoms with Crippen LogP contribution in [0.15, 0.2) is 12.1 Å². The second-order valence-corrected chi connectivity index (χ2v) is 6.23. The van der Waals surface area contributed by atoms with E-state index in [9.17, 15) is 10.2 Å². The van der Waals surface area contributed by atoms with E-state index in [-0.39, 0.29) is 13.2 Å². The lowest BCUT2D eigenvalue weighted by Gasteiger charge is -2.14. The van der Waals surface area contributed by atoms with E-state index in [0.717, 1.165) is 72.4 Å². The molecule has 0 amide bonds. The molecule has 2 N–H and O–H groups in total. The van der Waals surface area contributed by atoms with E-state index in [1.54, 1.807) is 0 Å². The van der Waals surface area contributed by atoms with Crippen molar-refractivity contribution in [3.8, 4) is 11.4 Å². The largest absolute Gasteiger partial charge is 0.392 e. The van der Waals surface area contributed by atoms with Gasteiger partial charge in [0.2, 0.25) is 0 Å². The minimum absolute atomic E-state index is 0.0424. The van der Waals surface area contributed by atoms with Crippen molar-refractivity contribution in [2.75, 3.05) is 0 Å². The van der Waals surface area contributed by atoms with Gasteiger partial charge in [0.1, 0.15) is 0 Å². The van der Waals surface area contributed by atoms with Gasteiger partial charge in [-0.15, -0.1) is 0 Å². The maximum absolute atomic E-state index is 9.74. The molecule has 0 aliphatic heterocycles. The molecule has 2 aromatic heterocycles. The summed E-state index contributed by atoms with van der Waals surface area (Å²) >= 11 is 0. The van der Waals surface area contributed by atoms with Crippen LogP contribution in [0, 0.1) is 0 Å². The molecule has 0 saturated carbocycles. The number of hydrogen-bond donors (Lipinski definition) is 2. The molecule has 0 unspecified atom stereocenters. The van der Waals surface area contributed by atoms with Gasteiger partial charge < -0.3 is 10.2 Å². The van der Waals surface area contributed by atoms with Crippen LogP contribution in [-0.2, 0) is 38.9 Å². The fourth-order valence-corrected chi connectivity index (χ4v) is 3.69. The SMILES string of the molecule is OCc1cc2c(nc1-c1nc3c(cc1CO)CCC3)CCC2. The van der Waals surface area contributed by atoms with Gasteiger partial charge in [-0.1, -0.05) is 0 Å². The summed E-state index contributed by atoms with van der Waals surface area (Å²) in [7, 11) is 0. The normalized spacial score (nSPS) is 15.9. The molecule has 2 aliphatic carbocycles. The number of fused-ring (bicyclic) bond motifs is 2. The average molecular weight is 296 g/mol. The quantitative estimate of drug-likeness (QED) is 0.910. The fourth-order valence-electron chi connectivity index (χ4n) is 3.69. The highest BCUT2D eigenvalue weighted by atomic mass is 16.3. The molecule has 114 valence electrons. The maximum Gasteiger partial charge on any atom is 0.0948 e. The van der Waals surface area contributed by atoms with Crippen LogP contribution in [0.4, 0.5) is 0 Å². The van der Waals surface area contributed by atoms with Crippen molar-refractivity contribution < 1.29 is 10.2 Å². The molecule has 0 bridgehead atoms. The van der Waals surface area contributed by atoms with Gasteiger partial charge >= 0.3 is 0 Å². The first-order valence-corrected chi connectivity index (χ1v) is 8.05. The van der Waals surface area contributed by atoms with Crippen LogP contribution >= 0.6 is 0 Å². The van der Waals surface area contributed by atoms with Crippen molar-refractivity contribution in [2.45, 2.75) is 51.7 Å². The fraction of sp³-hybridized carbons (Fsp3) is 0.444. The molecule has 0 fully saturated rings. The Kier molecular flexibility index (Phi) is 3.43. The molecule has 2 aliphatic rings. The summed E-state index contributed by atoms with van der Waals surface area (Å²) in [4.78, 5) is 9.59. The van der Waals surface area contributed by atoms with Gasteiger partial charge in [0.15, 0.2) is 0 Å². The molecule has 4 nitrogen and oxygen atoms in total. The minimum atomic E-state index is -0.0424. The molecule has 4 heteroatoms. The zero-order chi connectivity index (χ0) is 15.1. The van der Waals surface area contributed by atoms with Gasteiger partial charge in [-0.2, -0.15) is 0 Å². The van der Waals surface area contributed by atoms with E-state index in [1.165, 1.54) is 11.1 Å². The van der Waals surface area contributed by atoms with Crippen molar-refractivity contribution >= 4 is 0 Å². The first-order valence-electron chi connectivity index (χ1n) is 8.05. The Labute approximate surface area is 129 Å². The monoisotopic (exact) mass is 296 g/mol. The first kappa shape index (κ1) is 13.9. The van der Waals surface area contributed by atoms with Crippen molar-refractivity contribution in [1.82, 2.24) is 9.97 Å². The second-order valence-electron chi connectivity index (χ2n) is 6.23. The van der Waals surface area contributed by atoms with Gasteiger partial charge in [0.05, 0.1) is 24.6 Å². The van der Waals surface area contributed by atoms with Crippen molar-refractivity contribution in [3.05, 3.63) is 45.8 Å². The smallest absolute Gasteiger partial charge is 0.0948 e. The molecule has 22 heavy (non-hydrogen) atoms. The number of nitrogens with zero attached hydrogens (tertiary/aromatic N) is 2. The number of aryl methyl sites for hydroxylation is 4. The first-order chi connectivity index (χ1) is 10.8. The predicted octanol–water partition coefficient (Wildman–Crippen LogP) is 2.11. The van der Waals surface area contributed by atoms with Gasteiger partial charge in [-0.05, 0) is 61.8 Å². The highest BCUT2D eigenvalue weighted by molar-refractivity contribution is 5.65. The third kappa shape index (κ3) is 2.14. The molecule has 2 heterocycles. The van der Waals surface area contributed by atoms with Crippen LogP contribution in [0.3, 0.4) is 0 Å². The van der Waals surface area contributed by atoms with Gasteiger partial charge in [-0.3, -0.25) is 9.97 Å². The van der Waals surface area contributed by atoms with Crippen molar-refractivity contribution in [3.63, 3.8) is 0 Å². The highest BCUT2D eigenvalue weighted by Crippen LogP contribution is 2.32. The lowest BCUT2D eigenvalue weighted by molar-refractivity contribution is 0.279. The van der Waals surface area contributed by atoms with E-state index < -0.39 is 0 Å². The van der Waals surface area contributed by atoms with Gasteiger partial charge in [0, 0.05) is 22.5 Å². The van der Waals surface area contributed by atoms with Crippen LogP contribution in [0.1, 0.15) is 46.5 Å². The Balaban J connectivity index is 1.91. The summed E-state index contributed by atoms with van der Waals surface area (Å²) < 4.78 is 0. The predicted molar refractivity (Wildman–Crippen MR) is 83.4 cm³/mol. The van der Waals surface area contributed by atoms with Gasteiger partial charge in [-0.25, -0.2) is 0 Å². The van der Waals surface area contributed by atoms with Crippen molar-refractivity contribution in [2.24, 2.45) is 0 Å². The Morgan fingerprint density at radius 1 is 0.727 bits per heavy atom. The summed E-state index contributed by atoms with van der Waals surface area (Å²) in [6.45, 7) is -0.0848. The number of aromatic nitrogens is 2. The molecular weight excluding hydrogens is 276 g/mol. The third-order valence-corrected chi connectivity index (χ3v) is 4.82. The molecule has 0 aromatic carbocycles. The van der Waals surface area contributed by atoms with E-state index in [0.29, 0.717) is 0 Å². The van der Waals surface area contributed by atoms with E-state index in [1.807, 2.05) is 0 Å². The molecule has 4 rings (SSSR count). The molecule has 0 spiro atoms. The number of rotatable bonds is 3. The van der Waals surface area contributed by atoms with E-state index in [2.05, 4.69) is 12.1 Å². The Bertz CT molecular complexity index is 677. The maximum atomic E-state index is 9.74. The zero-order valence-corrected chi connectivity index (χ0v) is 12.6. The molecule has 0 atom stereocenters. The van der Waals surface area contributed by atoms with Gasteiger partial charge in [0.25, 0.3) is 0 Å². The minimum Gasteiger partial charge on any atom is -0.392 e. The molecule has 2 aromatic rings. The number of pyridine rings is 2. The summed E-state index contributed by atoms with van der Waals surface area (Å²) in [5.41, 5.74) is 7.89. The Morgan fingerprint density at radius 3 is 1.59 bits per heavy atom. The number of aliphatic hydroxyl groups excluding tert-OH is 2. The zero-order valence-electron chi connectivity index (χ0n) is 12.6. The summed E-state index contributed by atoms with van der Waals surface area (Å²) in [5.74, 6) is 0. The molecule has 0 radical (unpaired) electrons. The second kappa shape index (κ2) is 5.45. The standard InChI is InChI=1S/C18H20N2O2/c21-9-13-7-11-3-1-5-15(11)19-17(13)18-14(10-22)8-12-4-2-6-16(12)20-18/h7-8,21-22H,1-6,9-10H2. The highest BCUT2D eigenvalue weighted by Gasteiger charge is 2.22. The Hall–Kier alpha value is -1.78. The van der Waals surface area contributed by atoms with Crippen molar-refractivity contribution in [1.29, 1.82) is 0 Å². The average Bonchev–Trinajstić information content (AvgIpc) is 3.19. The van der Waals surface area contributed by atoms with E-state index in [4.69, 9.17) is 9.97 Å². The van der Waals surface area contributed by atoms with E-state index >= 15 is 0 Å². The number of aliphatic hydroxyl groups is 2. The third-order valence-electron chi connectivity index (χ3n) is 4.82. The van der Waals surface area contributed by atoms with Crippen LogP contribution < -0.4 is 0 Å². The lowest BCUT2D eigenvalue weighted by atomic mass is 10.0. The number of hydrogen-bond acceptors (Lipinski definition) is 4. The topological polar surface area (TPSA) is 66.2 Å². The molecule has 0 saturated heterocycles. The van der Waals surface area contributed by atoms with Crippen LogP contribution in [-0.4, -0.2) is 20.2 Å². The van der Waals surface area contributed by atoms with Crippen LogP contribution in [0.25, 0.3) is 11.4 Å². The van der Waals surface area contributed by atoms with Crippen LogP contribution in [0.2, 0.25) is 0 Å². The summed E-state index contributed by atoms with van der Waals surface area (Å²) in [6.07, 6.45) is 6.32. The van der Waals surface area contributed by atoms with Crippen LogP contribution in [0.5, 0.6) is 0 Å². The summed E-state index contributed by atoms with van der Waals surface area (Å²) in [5, 5.41) is 19.5.